The van der Waals surface area contributed by atoms with Crippen LogP contribution in [0.15, 0.2) is 47.0 Å². The normalized spacial score (nSPS) is 15.1. The third kappa shape index (κ3) is 3.19. The molecule has 0 radical (unpaired) electrons. The van der Waals surface area contributed by atoms with Crippen molar-refractivity contribution in [1.29, 1.82) is 0 Å². The average molecular weight is 464 g/mol. The number of carbonyl (C=O) groups is 1. The number of hydrogen-bond acceptors (Lipinski definition) is 4. The van der Waals surface area contributed by atoms with E-state index in [0.717, 1.165) is 63.8 Å². The Labute approximate surface area is 194 Å². The van der Waals surface area contributed by atoms with Crippen molar-refractivity contribution in [3.05, 3.63) is 80.6 Å². The fourth-order valence-corrected chi connectivity index (χ4v) is 5.15. The summed E-state index contributed by atoms with van der Waals surface area (Å²) in [5.41, 5.74) is 6.44. The standard InChI is InChI=1S/C25H19Cl2N3O2/c26-15-6-4-14(5-7-15)24-19-13-30(11-10-22(19)29-32-24)25(31)23-17-2-1-3-20(17)28-21-9-8-16(27)12-18(21)23/h4-9,12H,1-3,10-11,13H2. The number of aromatic nitrogens is 2. The van der Waals surface area contributed by atoms with Gasteiger partial charge in [0.1, 0.15) is 0 Å². The van der Waals surface area contributed by atoms with Crippen LogP contribution in [0.1, 0.15) is 39.3 Å². The van der Waals surface area contributed by atoms with E-state index in [-0.39, 0.29) is 5.91 Å². The minimum atomic E-state index is 0.0201. The Morgan fingerprint density at radius 1 is 0.938 bits per heavy atom. The summed E-state index contributed by atoms with van der Waals surface area (Å²) in [5, 5.41) is 6.37. The Hall–Kier alpha value is -2.89. The molecular weight excluding hydrogens is 445 g/mol. The van der Waals surface area contributed by atoms with E-state index in [1.807, 2.05) is 47.4 Å². The number of amides is 1. The van der Waals surface area contributed by atoms with Crippen molar-refractivity contribution in [2.45, 2.75) is 32.2 Å². The first-order valence-electron chi connectivity index (χ1n) is 10.7. The van der Waals surface area contributed by atoms with Crippen molar-refractivity contribution < 1.29 is 9.32 Å². The number of hydrogen-bond donors (Lipinski definition) is 0. The average Bonchev–Trinajstić information content (AvgIpc) is 3.44. The second-order valence-corrected chi connectivity index (χ2v) is 9.22. The topological polar surface area (TPSA) is 59.2 Å². The van der Waals surface area contributed by atoms with Gasteiger partial charge in [-0.15, -0.1) is 0 Å². The molecule has 3 heterocycles. The number of pyridine rings is 1. The summed E-state index contributed by atoms with van der Waals surface area (Å²) in [6.07, 6.45) is 3.45. The van der Waals surface area contributed by atoms with Crippen LogP contribution in [0.3, 0.4) is 0 Å². The van der Waals surface area contributed by atoms with Crippen molar-refractivity contribution in [3.8, 4) is 11.3 Å². The molecule has 32 heavy (non-hydrogen) atoms. The fourth-order valence-electron chi connectivity index (χ4n) is 4.85. The molecule has 0 spiro atoms. The van der Waals surface area contributed by atoms with Crippen LogP contribution in [0.25, 0.3) is 22.2 Å². The van der Waals surface area contributed by atoms with E-state index in [1.54, 1.807) is 0 Å². The van der Waals surface area contributed by atoms with E-state index in [9.17, 15) is 4.79 Å². The molecule has 0 bridgehead atoms. The molecule has 6 rings (SSSR count). The van der Waals surface area contributed by atoms with E-state index < -0.39 is 0 Å². The molecule has 160 valence electrons. The van der Waals surface area contributed by atoms with Crippen LogP contribution in [0.2, 0.25) is 10.0 Å². The van der Waals surface area contributed by atoms with Gasteiger partial charge in [-0.05, 0) is 67.3 Å². The zero-order valence-corrected chi connectivity index (χ0v) is 18.7. The molecular formula is C25H19Cl2N3O2. The second-order valence-electron chi connectivity index (χ2n) is 8.35. The summed E-state index contributed by atoms with van der Waals surface area (Å²) in [4.78, 5) is 20.6. The van der Waals surface area contributed by atoms with E-state index in [1.165, 1.54) is 0 Å². The maximum Gasteiger partial charge on any atom is 0.255 e. The molecule has 0 saturated heterocycles. The van der Waals surface area contributed by atoms with E-state index >= 15 is 0 Å². The van der Waals surface area contributed by atoms with Crippen LogP contribution in [-0.4, -0.2) is 27.5 Å². The fraction of sp³-hybridized carbons (Fsp3) is 0.240. The monoisotopic (exact) mass is 463 g/mol. The molecule has 5 nitrogen and oxygen atoms in total. The molecule has 1 aliphatic carbocycles. The predicted octanol–water partition coefficient (Wildman–Crippen LogP) is 5.88. The lowest BCUT2D eigenvalue weighted by atomic mass is 9.97. The van der Waals surface area contributed by atoms with Crippen LogP contribution in [0.4, 0.5) is 0 Å². The van der Waals surface area contributed by atoms with Crippen molar-refractivity contribution in [1.82, 2.24) is 15.0 Å². The zero-order valence-electron chi connectivity index (χ0n) is 17.2. The van der Waals surface area contributed by atoms with E-state index in [2.05, 4.69) is 5.16 Å². The Balaban J connectivity index is 1.41. The second kappa shape index (κ2) is 7.61. The Bertz CT molecular complexity index is 1380. The van der Waals surface area contributed by atoms with Gasteiger partial charge in [0.15, 0.2) is 5.76 Å². The van der Waals surface area contributed by atoms with Crippen LogP contribution < -0.4 is 0 Å². The summed E-state index contributed by atoms with van der Waals surface area (Å²) in [5.74, 6) is 0.716. The highest BCUT2D eigenvalue weighted by atomic mass is 35.5. The molecule has 1 amide bonds. The molecule has 2 aromatic carbocycles. The lowest BCUT2D eigenvalue weighted by Crippen LogP contribution is -2.36. The molecule has 0 atom stereocenters. The highest BCUT2D eigenvalue weighted by molar-refractivity contribution is 6.31. The largest absolute Gasteiger partial charge is 0.356 e. The third-order valence-corrected chi connectivity index (χ3v) is 6.91. The van der Waals surface area contributed by atoms with E-state index in [4.69, 9.17) is 32.7 Å². The maximum absolute atomic E-state index is 13.9. The third-order valence-electron chi connectivity index (χ3n) is 6.42. The van der Waals surface area contributed by atoms with Gasteiger partial charge in [0.05, 0.1) is 23.3 Å². The molecule has 0 saturated carbocycles. The lowest BCUT2D eigenvalue weighted by Gasteiger charge is -2.28. The van der Waals surface area contributed by atoms with Crippen molar-refractivity contribution in [3.63, 3.8) is 0 Å². The molecule has 4 aromatic rings. The van der Waals surface area contributed by atoms with E-state index in [0.29, 0.717) is 35.3 Å². The Kier molecular flexibility index (Phi) is 4.70. The summed E-state index contributed by atoms with van der Waals surface area (Å²) < 4.78 is 5.68. The summed E-state index contributed by atoms with van der Waals surface area (Å²) in [6.45, 7) is 1.05. The zero-order chi connectivity index (χ0) is 21.8. The molecule has 0 unspecified atom stereocenters. The summed E-state index contributed by atoms with van der Waals surface area (Å²) >= 11 is 12.3. The van der Waals surface area contributed by atoms with Gasteiger partial charge < -0.3 is 9.42 Å². The molecule has 0 N–H and O–H groups in total. The van der Waals surface area contributed by atoms with Gasteiger partial charge in [0.25, 0.3) is 5.91 Å². The minimum absolute atomic E-state index is 0.0201. The van der Waals surface area contributed by atoms with Gasteiger partial charge >= 0.3 is 0 Å². The highest BCUT2D eigenvalue weighted by Crippen LogP contribution is 2.35. The number of halogens is 2. The first-order valence-corrected chi connectivity index (χ1v) is 11.5. The minimum Gasteiger partial charge on any atom is -0.356 e. The summed E-state index contributed by atoms with van der Waals surface area (Å²) in [6, 6.07) is 13.1. The van der Waals surface area contributed by atoms with Crippen molar-refractivity contribution in [2.75, 3.05) is 6.54 Å². The smallest absolute Gasteiger partial charge is 0.255 e. The molecule has 0 fully saturated rings. The number of carbonyl (C=O) groups excluding carboxylic acids is 1. The van der Waals surface area contributed by atoms with Gasteiger partial charge in [0.2, 0.25) is 0 Å². The number of aryl methyl sites for hydroxylation is 1. The number of rotatable bonds is 2. The van der Waals surface area contributed by atoms with Crippen molar-refractivity contribution in [2.24, 2.45) is 0 Å². The first kappa shape index (κ1) is 19.8. The number of benzene rings is 2. The Morgan fingerprint density at radius 2 is 1.75 bits per heavy atom. The number of nitrogens with zero attached hydrogens (tertiary/aromatic N) is 3. The maximum atomic E-state index is 13.9. The van der Waals surface area contributed by atoms with Gasteiger partial charge in [-0.2, -0.15) is 0 Å². The van der Waals surface area contributed by atoms with Gasteiger partial charge in [0, 0.05) is 45.2 Å². The van der Waals surface area contributed by atoms with Gasteiger partial charge in [-0.25, -0.2) is 0 Å². The SMILES string of the molecule is O=C(c1c2c(nc3ccc(Cl)cc13)CCC2)N1CCc2noc(-c3ccc(Cl)cc3)c2C1. The van der Waals surface area contributed by atoms with Crippen LogP contribution >= 0.6 is 23.2 Å². The Morgan fingerprint density at radius 3 is 2.59 bits per heavy atom. The van der Waals surface area contributed by atoms with Gasteiger partial charge in [-0.3, -0.25) is 9.78 Å². The van der Waals surface area contributed by atoms with Crippen LogP contribution in [0.5, 0.6) is 0 Å². The molecule has 1 aliphatic heterocycles. The first-order chi connectivity index (χ1) is 15.6. The van der Waals surface area contributed by atoms with Crippen LogP contribution in [0, 0.1) is 0 Å². The predicted molar refractivity (Wildman–Crippen MR) is 124 cm³/mol. The molecule has 2 aliphatic rings. The van der Waals surface area contributed by atoms with Crippen LogP contribution in [-0.2, 0) is 25.8 Å². The number of fused-ring (bicyclic) bond motifs is 3. The van der Waals surface area contributed by atoms with Gasteiger partial charge in [-0.1, -0.05) is 28.4 Å². The summed E-state index contributed by atoms with van der Waals surface area (Å²) in [7, 11) is 0. The quantitative estimate of drug-likeness (QED) is 0.372. The van der Waals surface area contributed by atoms with Crippen molar-refractivity contribution >= 4 is 40.0 Å². The molecule has 2 aromatic heterocycles. The lowest BCUT2D eigenvalue weighted by molar-refractivity contribution is 0.0735. The highest BCUT2D eigenvalue weighted by Gasteiger charge is 2.31. The molecule has 7 heteroatoms.